The summed E-state index contributed by atoms with van der Waals surface area (Å²) in [7, 11) is 4.08. The molecule has 0 aliphatic rings. The van der Waals surface area contributed by atoms with Gasteiger partial charge in [-0.25, -0.2) is 4.59 Å². The fourth-order valence-electron chi connectivity index (χ4n) is 3.02. The van der Waals surface area contributed by atoms with E-state index in [9.17, 15) is 4.79 Å². The van der Waals surface area contributed by atoms with Crippen LogP contribution in [0.2, 0.25) is 0 Å². The zero-order chi connectivity index (χ0) is 18.3. The molecule has 0 heterocycles. The molecule has 1 N–H and O–H groups in total. The Kier molecular flexibility index (Phi) is 18.0. The molecule has 150 valence electrons. The SMILES string of the molecule is CCCCCCCCCCCCC=C(C)C(=O)N[N+](C)(C)CCC.[Cl-]. The molecule has 25 heavy (non-hydrogen) atoms. The number of hydrogen-bond donors (Lipinski definition) is 1. The highest BCUT2D eigenvalue weighted by Crippen LogP contribution is 2.12. The molecule has 0 aliphatic heterocycles. The molecule has 0 radical (unpaired) electrons. The molecule has 0 spiro atoms. The normalized spacial score (nSPS) is 12.0. The third-order valence-electron chi connectivity index (χ3n) is 4.55. The Morgan fingerprint density at radius 2 is 1.32 bits per heavy atom. The number of amides is 1. The molecule has 0 aromatic rings. The smallest absolute Gasteiger partial charge is 0.291 e. The summed E-state index contributed by atoms with van der Waals surface area (Å²) in [5, 5.41) is 0. The highest BCUT2D eigenvalue weighted by molar-refractivity contribution is 5.91. The van der Waals surface area contributed by atoms with Gasteiger partial charge < -0.3 is 12.4 Å². The molecule has 1 amide bonds. The van der Waals surface area contributed by atoms with Crippen molar-refractivity contribution in [3.05, 3.63) is 11.6 Å². The molecule has 0 saturated carbocycles. The van der Waals surface area contributed by atoms with Gasteiger partial charge in [0.05, 0.1) is 14.1 Å². The van der Waals surface area contributed by atoms with Crippen molar-refractivity contribution in [1.82, 2.24) is 5.43 Å². The monoisotopic (exact) mass is 374 g/mol. The molecule has 0 aliphatic carbocycles. The summed E-state index contributed by atoms with van der Waals surface area (Å²) in [6.07, 6.45) is 17.8. The Morgan fingerprint density at radius 3 is 1.80 bits per heavy atom. The van der Waals surface area contributed by atoms with Gasteiger partial charge in [-0.3, -0.25) is 4.79 Å². The maximum absolute atomic E-state index is 12.2. The lowest BCUT2D eigenvalue weighted by molar-refractivity contribution is -0.925. The molecule has 0 fully saturated rings. The maximum Gasteiger partial charge on any atom is 0.291 e. The quantitative estimate of drug-likeness (QED) is 0.203. The van der Waals surface area contributed by atoms with Crippen molar-refractivity contribution in [2.75, 3.05) is 20.6 Å². The van der Waals surface area contributed by atoms with Crippen molar-refractivity contribution in [2.45, 2.75) is 97.8 Å². The van der Waals surface area contributed by atoms with Gasteiger partial charge >= 0.3 is 0 Å². The number of hydrogen-bond acceptors (Lipinski definition) is 1. The number of unbranched alkanes of at least 4 members (excludes halogenated alkanes) is 10. The van der Waals surface area contributed by atoms with Crippen LogP contribution in [0.1, 0.15) is 97.8 Å². The van der Waals surface area contributed by atoms with Crippen molar-refractivity contribution >= 4 is 5.91 Å². The third-order valence-corrected chi connectivity index (χ3v) is 4.55. The first-order valence-electron chi connectivity index (χ1n) is 10.2. The second-order valence-electron chi connectivity index (χ2n) is 7.71. The van der Waals surface area contributed by atoms with Crippen LogP contribution in [0.25, 0.3) is 0 Å². The minimum Gasteiger partial charge on any atom is -1.00 e. The number of quaternary nitrogens is 1. The molecule has 0 saturated heterocycles. The number of allylic oxidation sites excluding steroid dienone is 1. The molecule has 0 aromatic carbocycles. The van der Waals surface area contributed by atoms with Gasteiger partial charge in [0, 0.05) is 5.57 Å². The molecule has 0 rings (SSSR count). The fourth-order valence-corrected chi connectivity index (χ4v) is 3.02. The molecule has 3 nitrogen and oxygen atoms in total. The van der Waals surface area contributed by atoms with Crippen LogP contribution in [0.3, 0.4) is 0 Å². The van der Waals surface area contributed by atoms with Crippen LogP contribution in [0.5, 0.6) is 0 Å². The largest absolute Gasteiger partial charge is 1.00 e. The van der Waals surface area contributed by atoms with E-state index in [0.29, 0.717) is 4.59 Å². The van der Waals surface area contributed by atoms with Crippen LogP contribution in [0.4, 0.5) is 0 Å². The topological polar surface area (TPSA) is 29.1 Å². The number of halogens is 1. The second-order valence-corrected chi connectivity index (χ2v) is 7.71. The molecule has 4 heteroatoms. The first-order chi connectivity index (χ1) is 11.4. The first kappa shape index (κ1) is 26.7. The summed E-state index contributed by atoms with van der Waals surface area (Å²) in [6, 6.07) is 0. The Morgan fingerprint density at radius 1 is 0.840 bits per heavy atom. The summed E-state index contributed by atoms with van der Waals surface area (Å²) in [4.78, 5) is 12.2. The zero-order valence-electron chi connectivity index (χ0n) is 17.5. The van der Waals surface area contributed by atoms with Crippen LogP contribution in [-0.4, -0.2) is 31.1 Å². The molecule has 0 bridgehead atoms. The lowest BCUT2D eigenvalue weighted by Crippen LogP contribution is -3.00. The summed E-state index contributed by atoms with van der Waals surface area (Å²) in [5.41, 5.74) is 3.93. The number of rotatable bonds is 15. The summed E-state index contributed by atoms with van der Waals surface area (Å²) in [6.45, 7) is 7.29. The van der Waals surface area contributed by atoms with E-state index in [0.717, 1.165) is 25.0 Å². The highest BCUT2D eigenvalue weighted by Gasteiger charge is 2.18. The Bertz CT molecular complexity index is 354. The minimum atomic E-state index is 0. The van der Waals surface area contributed by atoms with Crippen molar-refractivity contribution < 1.29 is 21.8 Å². The molecule has 0 aromatic heterocycles. The number of carbonyl (C=O) groups excluding carboxylic acids is 1. The van der Waals surface area contributed by atoms with Gasteiger partial charge in [0.25, 0.3) is 5.91 Å². The van der Waals surface area contributed by atoms with Gasteiger partial charge in [0.1, 0.15) is 6.54 Å². The maximum atomic E-state index is 12.2. The average molecular weight is 375 g/mol. The van der Waals surface area contributed by atoms with E-state index >= 15 is 0 Å². The molecular formula is C21H43ClN2O. The van der Waals surface area contributed by atoms with Crippen LogP contribution in [0.15, 0.2) is 11.6 Å². The second kappa shape index (κ2) is 16.9. The van der Waals surface area contributed by atoms with Crippen molar-refractivity contribution in [2.24, 2.45) is 0 Å². The van der Waals surface area contributed by atoms with Crippen LogP contribution < -0.4 is 17.8 Å². The lowest BCUT2D eigenvalue weighted by atomic mass is 10.1. The van der Waals surface area contributed by atoms with Gasteiger partial charge in [0.15, 0.2) is 0 Å². The highest BCUT2D eigenvalue weighted by atomic mass is 35.5. The van der Waals surface area contributed by atoms with E-state index in [4.69, 9.17) is 0 Å². The summed E-state index contributed by atoms with van der Waals surface area (Å²) in [5.74, 6) is 0.0699. The van der Waals surface area contributed by atoms with Crippen LogP contribution in [0, 0.1) is 0 Å². The Labute approximate surface area is 163 Å². The Hall–Kier alpha value is -0.540. The van der Waals surface area contributed by atoms with Gasteiger partial charge in [-0.15, -0.1) is 0 Å². The molecular weight excluding hydrogens is 332 g/mol. The van der Waals surface area contributed by atoms with E-state index in [1.807, 2.05) is 21.0 Å². The van der Waals surface area contributed by atoms with E-state index in [-0.39, 0.29) is 18.3 Å². The van der Waals surface area contributed by atoms with Crippen molar-refractivity contribution in [1.29, 1.82) is 0 Å². The average Bonchev–Trinajstić information content (AvgIpc) is 2.51. The molecule has 0 unspecified atom stereocenters. The number of nitrogens with zero attached hydrogens (tertiary/aromatic N) is 1. The van der Waals surface area contributed by atoms with E-state index in [1.165, 1.54) is 64.2 Å². The van der Waals surface area contributed by atoms with Crippen molar-refractivity contribution in [3.8, 4) is 0 Å². The zero-order valence-corrected chi connectivity index (χ0v) is 18.3. The minimum absolute atomic E-state index is 0. The predicted octanol–water partition coefficient (Wildman–Crippen LogP) is 2.77. The van der Waals surface area contributed by atoms with E-state index in [1.54, 1.807) is 0 Å². The third kappa shape index (κ3) is 16.7. The van der Waals surface area contributed by atoms with E-state index < -0.39 is 0 Å². The Balaban J connectivity index is 0. The fraction of sp³-hybridized carbons (Fsp3) is 0.857. The van der Waals surface area contributed by atoms with Gasteiger partial charge in [0.2, 0.25) is 0 Å². The number of carbonyl (C=O) groups is 1. The predicted molar refractivity (Wildman–Crippen MR) is 106 cm³/mol. The van der Waals surface area contributed by atoms with Gasteiger partial charge in [-0.1, -0.05) is 77.7 Å². The number of nitrogens with one attached hydrogen (secondary N) is 1. The standard InChI is InChI=1S/C21H42N2O.ClH/c1-6-8-9-10-11-12-13-14-15-16-17-18-20(3)21(24)22-23(4,5)19-7-2;/h18H,6-17,19H2,1-5H3;1H. The lowest BCUT2D eigenvalue weighted by Gasteiger charge is -2.28. The van der Waals surface area contributed by atoms with Crippen LogP contribution in [-0.2, 0) is 4.79 Å². The summed E-state index contributed by atoms with van der Waals surface area (Å²) < 4.78 is 0.554. The van der Waals surface area contributed by atoms with E-state index in [2.05, 4.69) is 25.3 Å². The summed E-state index contributed by atoms with van der Waals surface area (Å²) >= 11 is 0. The van der Waals surface area contributed by atoms with Gasteiger partial charge in [-0.05, 0) is 26.2 Å². The first-order valence-corrected chi connectivity index (χ1v) is 10.2. The van der Waals surface area contributed by atoms with Crippen LogP contribution >= 0.6 is 0 Å². The van der Waals surface area contributed by atoms with Crippen molar-refractivity contribution in [3.63, 3.8) is 0 Å². The van der Waals surface area contributed by atoms with Gasteiger partial charge in [-0.2, -0.15) is 5.43 Å². The molecule has 0 atom stereocenters.